The van der Waals surface area contributed by atoms with Gasteiger partial charge in [0.1, 0.15) is 0 Å². The van der Waals surface area contributed by atoms with E-state index in [2.05, 4.69) is 62.8 Å². The predicted octanol–water partition coefficient (Wildman–Crippen LogP) is 2.86. The van der Waals surface area contributed by atoms with Gasteiger partial charge in [-0.05, 0) is 50.7 Å². The van der Waals surface area contributed by atoms with Crippen LogP contribution in [0.4, 0.5) is 0 Å². The summed E-state index contributed by atoms with van der Waals surface area (Å²) in [4.78, 5) is 2.22. The summed E-state index contributed by atoms with van der Waals surface area (Å²) >= 11 is 0. The van der Waals surface area contributed by atoms with Crippen LogP contribution in [0.2, 0.25) is 0 Å². The van der Waals surface area contributed by atoms with Gasteiger partial charge in [0.25, 0.3) is 0 Å². The van der Waals surface area contributed by atoms with Gasteiger partial charge >= 0.3 is 0 Å². The van der Waals surface area contributed by atoms with Gasteiger partial charge in [0.15, 0.2) is 0 Å². The molecule has 0 fully saturated rings. The van der Waals surface area contributed by atoms with E-state index in [1.165, 1.54) is 27.6 Å². The molecular weight excluding hydrogens is 196 g/mol. The van der Waals surface area contributed by atoms with Gasteiger partial charge in [0.2, 0.25) is 0 Å². The number of benzene rings is 1. The first-order valence-electron chi connectivity index (χ1n) is 5.69. The van der Waals surface area contributed by atoms with E-state index >= 15 is 0 Å². The SMILES string of the molecule is Cc1cc(C)c2c(CN(C)C)cn(C)c2c1. The van der Waals surface area contributed by atoms with Gasteiger partial charge in [-0.1, -0.05) is 6.07 Å². The molecule has 0 saturated heterocycles. The first-order chi connectivity index (χ1) is 7.49. The van der Waals surface area contributed by atoms with Crippen LogP contribution < -0.4 is 0 Å². The highest BCUT2D eigenvalue weighted by molar-refractivity contribution is 5.87. The molecule has 2 aromatic rings. The third-order valence-corrected chi connectivity index (χ3v) is 3.00. The fourth-order valence-electron chi connectivity index (χ4n) is 2.47. The van der Waals surface area contributed by atoms with Gasteiger partial charge in [-0.3, -0.25) is 0 Å². The van der Waals surface area contributed by atoms with Crippen molar-refractivity contribution in [3.05, 3.63) is 35.0 Å². The second kappa shape index (κ2) is 3.95. The first-order valence-corrected chi connectivity index (χ1v) is 5.69. The summed E-state index contributed by atoms with van der Waals surface area (Å²) in [7, 11) is 6.35. The van der Waals surface area contributed by atoms with Crippen LogP contribution in [0.3, 0.4) is 0 Å². The van der Waals surface area contributed by atoms with Crippen LogP contribution in [0.5, 0.6) is 0 Å². The number of hydrogen-bond acceptors (Lipinski definition) is 1. The molecule has 86 valence electrons. The quantitative estimate of drug-likeness (QED) is 0.749. The molecule has 0 saturated carbocycles. The highest BCUT2D eigenvalue weighted by atomic mass is 15.1. The van der Waals surface area contributed by atoms with Crippen LogP contribution in [-0.4, -0.2) is 23.6 Å². The molecular formula is C14H20N2. The molecule has 0 spiro atoms. The zero-order valence-corrected chi connectivity index (χ0v) is 10.8. The van der Waals surface area contributed by atoms with E-state index in [0.717, 1.165) is 6.54 Å². The Balaban J connectivity index is 2.68. The average molecular weight is 216 g/mol. The van der Waals surface area contributed by atoms with Crippen molar-refractivity contribution < 1.29 is 0 Å². The maximum atomic E-state index is 2.27. The summed E-state index contributed by atoms with van der Waals surface area (Å²) < 4.78 is 2.23. The highest BCUT2D eigenvalue weighted by Crippen LogP contribution is 2.26. The topological polar surface area (TPSA) is 8.17 Å². The third kappa shape index (κ3) is 1.85. The molecule has 16 heavy (non-hydrogen) atoms. The van der Waals surface area contributed by atoms with Crippen LogP contribution in [0.25, 0.3) is 10.9 Å². The molecule has 1 aromatic carbocycles. The van der Waals surface area contributed by atoms with E-state index in [1.54, 1.807) is 0 Å². The Morgan fingerprint density at radius 2 is 1.88 bits per heavy atom. The van der Waals surface area contributed by atoms with Crippen LogP contribution in [0.15, 0.2) is 18.3 Å². The van der Waals surface area contributed by atoms with E-state index in [4.69, 9.17) is 0 Å². The summed E-state index contributed by atoms with van der Waals surface area (Å²) in [5, 5.41) is 1.42. The van der Waals surface area contributed by atoms with Crippen LogP contribution in [-0.2, 0) is 13.6 Å². The Morgan fingerprint density at radius 1 is 1.19 bits per heavy atom. The highest BCUT2D eigenvalue weighted by Gasteiger charge is 2.10. The van der Waals surface area contributed by atoms with Gasteiger partial charge in [-0.2, -0.15) is 0 Å². The molecule has 0 radical (unpaired) electrons. The molecule has 0 aliphatic rings. The fraction of sp³-hybridized carbons (Fsp3) is 0.429. The fourth-order valence-corrected chi connectivity index (χ4v) is 2.47. The number of nitrogens with zero attached hydrogens (tertiary/aromatic N) is 2. The van der Waals surface area contributed by atoms with Crippen LogP contribution >= 0.6 is 0 Å². The van der Waals surface area contributed by atoms with E-state index in [0.29, 0.717) is 0 Å². The summed E-state index contributed by atoms with van der Waals surface area (Å²) in [6.07, 6.45) is 2.25. The second-order valence-corrected chi connectivity index (χ2v) is 4.98. The van der Waals surface area contributed by atoms with Gasteiger partial charge in [-0.25, -0.2) is 0 Å². The second-order valence-electron chi connectivity index (χ2n) is 4.98. The summed E-state index contributed by atoms with van der Waals surface area (Å²) in [5.74, 6) is 0. The van der Waals surface area contributed by atoms with Crippen molar-refractivity contribution in [2.24, 2.45) is 7.05 Å². The Morgan fingerprint density at radius 3 is 2.50 bits per heavy atom. The molecule has 0 bridgehead atoms. The zero-order chi connectivity index (χ0) is 11.9. The smallest absolute Gasteiger partial charge is 0.0486 e. The number of aromatic nitrogens is 1. The predicted molar refractivity (Wildman–Crippen MR) is 69.8 cm³/mol. The average Bonchev–Trinajstić information content (AvgIpc) is 2.42. The minimum atomic E-state index is 1.00. The van der Waals surface area contributed by atoms with E-state index in [-0.39, 0.29) is 0 Å². The Hall–Kier alpha value is -1.28. The molecule has 2 nitrogen and oxygen atoms in total. The lowest BCUT2D eigenvalue weighted by Gasteiger charge is -2.09. The van der Waals surface area contributed by atoms with Crippen molar-refractivity contribution in [1.29, 1.82) is 0 Å². The molecule has 1 aromatic heterocycles. The Kier molecular flexibility index (Phi) is 2.76. The van der Waals surface area contributed by atoms with Crippen molar-refractivity contribution in [2.75, 3.05) is 14.1 Å². The normalized spacial score (nSPS) is 11.6. The molecule has 2 rings (SSSR count). The molecule has 1 heterocycles. The van der Waals surface area contributed by atoms with Crippen molar-refractivity contribution in [1.82, 2.24) is 9.47 Å². The molecule has 0 aliphatic heterocycles. The van der Waals surface area contributed by atoms with Gasteiger partial charge < -0.3 is 9.47 Å². The van der Waals surface area contributed by atoms with E-state index in [9.17, 15) is 0 Å². The lowest BCUT2D eigenvalue weighted by Crippen LogP contribution is -2.10. The largest absolute Gasteiger partial charge is 0.350 e. The van der Waals surface area contributed by atoms with Crippen molar-refractivity contribution >= 4 is 10.9 Å². The monoisotopic (exact) mass is 216 g/mol. The standard InChI is InChI=1S/C14H20N2/c1-10-6-11(2)14-12(8-15(3)4)9-16(5)13(14)7-10/h6-7,9H,8H2,1-5H3. The van der Waals surface area contributed by atoms with Crippen LogP contribution in [0, 0.1) is 13.8 Å². The summed E-state index contributed by atoms with van der Waals surface area (Å²) in [6.45, 7) is 5.36. The number of fused-ring (bicyclic) bond motifs is 1. The number of hydrogen-bond donors (Lipinski definition) is 0. The van der Waals surface area contributed by atoms with Gasteiger partial charge in [0.05, 0.1) is 0 Å². The molecule has 0 unspecified atom stereocenters. The first kappa shape index (κ1) is 11.2. The lowest BCUT2D eigenvalue weighted by molar-refractivity contribution is 0.403. The molecule has 0 atom stereocenters. The van der Waals surface area contributed by atoms with Gasteiger partial charge in [-0.15, -0.1) is 0 Å². The van der Waals surface area contributed by atoms with Crippen molar-refractivity contribution in [3.63, 3.8) is 0 Å². The Bertz CT molecular complexity index is 521. The molecule has 2 heteroatoms. The van der Waals surface area contributed by atoms with Crippen LogP contribution in [0.1, 0.15) is 16.7 Å². The van der Waals surface area contributed by atoms with Gasteiger partial charge in [0, 0.05) is 30.7 Å². The summed E-state index contributed by atoms with van der Waals surface area (Å²) in [5.41, 5.74) is 5.48. The maximum absolute atomic E-state index is 2.27. The minimum absolute atomic E-state index is 1.00. The maximum Gasteiger partial charge on any atom is 0.0486 e. The molecule has 0 amide bonds. The zero-order valence-electron chi connectivity index (χ0n) is 10.8. The van der Waals surface area contributed by atoms with E-state index < -0.39 is 0 Å². The lowest BCUT2D eigenvalue weighted by atomic mass is 10.0. The van der Waals surface area contributed by atoms with E-state index in [1.807, 2.05) is 0 Å². The number of aryl methyl sites for hydroxylation is 3. The minimum Gasteiger partial charge on any atom is -0.350 e. The Labute approximate surface area is 97.5 Å². The molecule has 0 N–H and O–H groups in total. The molecule has 0 aliphatic carbocycles. The third-order valence-electron chi connectivity index (χ3n) is 3.00. The summed E-state index contributed by atoms with van der Waals surface area (Å²) in [6, 6.07) is 4.53. The van der Waals surface area contributed by atoms with Crippen molar-refractivity contribution in [2.45, 2.75) is 20.4 Å². The number of rotatable bonds is 2. The van der Waals surface area contributed by atoms with Crippen molar-refractivity contribution in [3.8, 4) is 0 Å².